The second-order valence-electron chi connectivity index (χ2n) is 6.33. The highest BCUT2D eigenvalue weighted by atomic mass is 32.1. The van der Waals surface area contributed by atoms with Crippen molar-refractivity contribution in [1.82, 2.24) is 16.0 Å². The van der Waals surface area contributed by atoms with E-state index in [0.717, 1.165) is 0 Å². The summed E-state index contributed by atoms with van der Waals surface area (Å²) in [6, 6.07) is -5.09. The van der Waals surface area contributed by atoms with Crippen LogP contribution < -0.4 is 27.4 Å². The van der Waals surface area contributed by atoms with E-state index in [1.807, 2.05) is 0 Å². The molecule has 160 valence electrons. The fourth-order valence-corrected chi connectivity index (χ4v) is 2.28. The van der Waals surface area contributed by atoms with Gasteiger partial charge in [0.15, 0.2) is 0 Å². The predicted molar refractivity (Wildman–Crippen MR) is 101 cm³/mol. The van der Waals surface area contributed by atoms with Gasteiger partial charge in [0.1, 0.15) is 18.1 Å². The van der Waals surface area contributed by atoms with E-state index in [9.17, 15) is 24.0 Å². The number of carboxylic acids is 1. The number of nitrogens with one attached hydrogen (secondary N) is 3. The maximum Gasteiger partial charge on any atom is 0.328 e. The number of carboxylic acid groups (broad SMARTS) is 1. The van der Waals surface area contributed by atoms with Crippen LogP contribution in [-0.2, 0) is 24.0 Å². The molecule has 0 fully saturated rings. The van der Waals surface area contributed by atoms with E-state index >= 15 is 0 Å². The average molecular weight is 421 g/mol. The number of hydrogen-bond donors (Lipinski definition) is 8. The van der Waals surface area contributed by atoms with Crippen molar-refractivity contribution in [3.63, 3.8) is 0 Å². The van der Waals surface area contributed by atoms with Crippen LogP contribution in [0.25, 0.3) is 0 Å². The third kappa shape index (κ3) is 8.54. The lowest BCUT2D eigenvalue weighted by Crippen LogP contribution is -2.59. The predicted octanol–water partition coefficient (Wildman–Crippen LogP) is -3.69. The van der Waals surface area contributed by atoms with Crippen molar-refractivity contribution in [1.29, 1.82) is 0 Å². The first-order valence-corrected chi connectivity index (χ1v) is 8.97. The number of aliphatic carboxylic acids is 1. The Balaban J connectivity index is 5.09. The van der Waals surface area contributed by atoms with Gasteiger partial charge in [0.05, 0.1) is 19.1 Å². The van der Waals surface area contributed by atoms with Gasteiger partial charge in [-0.2, -0.15) is 12.6 Å². The van der Waals surface area contributed by atoms with Gasteiger partial charge in [-0.15, -0.1) is 0 Å². The van der Waals surface area contributed by atoms with Gasteiger partial charge in [-0.1, -0.05) is 13.8 Å². The summed E-state index contributed by atoms with van der Waals surface area (Å²) in [5, 5.41) is 24.6. The summed E-state index contributed by atoms with van der Waals surface area (Å²) in [5.41, 5.74) is 10.5. The molecule has 0 rings (SSSR count). The van der Waals surface area contributed by atoms with Crippen LogP contribution in [0.5, 0.6) is 0 Å². The zero-order valence-corrected chi connectivity index (χ0v) is 16.4. The monoisotopic (exact) mass is 421 g/mol. The van der Waals surface area contributed by atoms with Gasteiger partial charge in [0, 0.05) is 5.75 Å². The van der Waals surface area contributed by atoms with E-state index in [0.29, 0.717) is 0 Å². The van der Waals surface area contributed by atoms with Crippen LogP contribution in [0.4, 0.5) is 0 Å². The van der Waals surface area contributed by atoms with Crippen molar-refractivity contribution in [3.8, 4) is 0 Å². The highest BCUT2D eigenvalue weighted by molar-refractivity contribution is 7.80. The molecule has 0 aromatic heterocycles. The number of primary amides is 1. The number of aliphatic hydroxyl groups excluding tert-OH is 1. The van der Waals surface area contributed by atoms with Crippen molar-refractivity contribution in [2.75, 3.05) is 12.4 Å². The van der Waals surface area contributed by atoms with Gasteiger partial charge in [-0.3, -0.25) is 19.2 Å². The van der Waals surface area contributed by atoms with Crippen molar-refractivity contribution in [2.24, 2.45) is 17.4 Å². The van der Waals surface area contributed by atoms with Gasteiger partial charge in [0.2, 0.25) is 23.6 Å². The molecule has 0 aliphatic heterocycles. The molecule has 0 saturated carbocycles. The third-order valence-electron chi connectivity index (χ3n) is 3.62. The first-order chi connectivity index (χ1) is 12.9. The number of thiol groups is 1. The first kappa shape index (κ1) is 25.6. The Labute approximate surface area is 167 Å². The molecule has 0 saturated heterocycles. The van der Waals surface area contributed by atoms with Crippen molar-refractivity contribution >= 4 is 42.2 Å². The molecule has 4 atom stereocenters. The van der Waals surface area contributed by atoms with Gasteiger partial charge in [-0.25, -0.2) is 4.79 Å². The van der Waals surface area contributed by atoms with Gasteiger partial charge in [0.25, 0.3) is 0 Å². The number of carbonyl (C=O) groups excluding carboxylic acids is 4. The molecule has 12 nitrogen and oxygen atoms in total. The highest BCUT2D eigenvalue weighted by Crippen LogP contribution is 2.04. The lowest BCUT2D eigenvalue weighted by atomic mass is 10.0. The molecule has 0 bridgehead atoms. The minimum Gasteiger partial charge on any atom is -0.480 e. The zero-order valence-electron chi connectivity index (χ0n) is 15.5. The standard InChI is InChI=1S/C15H27N5O7S/c1-6(2)11(20-12(23)7(16)3-10(17)22)14(25)19-9(5-28)13(24)18-8(4-21)15(26)27/h6-9,11,21,28H,3-5,16H2,1-2H3,(H2,17,22)(H,18,24)(H,19,25)(H,20,23)(H,26,27). The Morgan fingerprint density at radius 3 is 1.89 bits per heavy atom. The molecule has 9 N–H and O–H groups in total. The zero-order chi connectivity index (χ0) is 22.0. The number of nitrogens with two attached hydrogens (primary N) is 2. The molecule has 4 unspecified atom stereocenters. The fraction of sp³-hybridized carbons (Fsp3) is 0.667. The van der Waals surface area contributed by atoms with Crippen LogP contribution in [0.2, 0.25) is 0 Å². The first-order valence-electron chi connectivity index (χ1n) is 8.34. The summed E-state index contributed by atoms with van der Waals surface area (Å²) in [4.78, 5) is 58.4. The molecular weight excluding hydrogens is 394 g/mol. The molecule has 13 heteroatoms. The summed E-state index contributed by atoms with van der Waals surface area (Å²) < 4.78 is 0. The molecule has 0 aliphatic carbocycles. The second-order valence-corrected chi connectivity index (χ2v) is 6.70. The molecule has 0 aromatic carbocycles. The molecular formula is C15H27N5O7S. The van der Waals surface area contributed by atoms with Crippen molar-refractivity contribution in [2.45, 2.75) is 44.4 Å². The smallest absolute Gasteiger partial charge is 0.328 e. The van der Waals surface area contributed by atoms with Crippen molar-refractivity contribution < 1.29 is 34.2 Å². The van der Waals surface area contributed by atoms with Crippen LogP contribution in [0.1, 0.15) is 20.3 Å². The topological polar surface area (TPSA) is 214 Å². The quantitative estimate of drug-likeness (QED) is 0.146. The Morgan fingerprint density at radius 1 is 0.964 bits per heavy atom. The molecule has 28 heavy (non-hydrogen) atoms. The summed E-state index contributed by atoms with van der Waals surface area (Å²) >= 11 is 3.95. The molecule has 0 spiro atoms. The highest BCUT2D eigenvalue weighted by Gasteiger charge is 2.31. The molecule has 0 aliphatic rings. The number of hydrogen-bond acceptors (Lipinski definition) is 8. The average Bonchev–Trinajstić information content (AvgIpc) is 2.59. The Bertz CT molecular complexity index is 601. The third-order valence-corrected chi connectivity index (χ3v) is 3.98. The maximum absolute atomic E-state index is 12.5. The fourth-order valence-electron chi connectivity index (χ4n) is 2.02. The minimum atomic E-state index is -1.54. The second kappa shape index (κ2) is 12.2. The lowest BCUT2D eigenvalue weighted by Gasteiger charge is -2.26. The number of amides is 4. The van der Waals surface area contributed by atoms with E-state index in [-0.39, 0.29) is 5.75 Å². The van der Waals surface area contributed by atoms with E-state index in [1.54, 1.807) is 13.8 Å². The van der Waals surface area contributed by atoms with Gasteiger partial charge in [-0.05, 0) is 5.92 Å². The van der Waals surface area contributed by atoms with E-state index in [1.165, 1.54) is 0 Å². The SMILES string of the molecule is CC(C)C(NC(=O)C(N)CC(N)=O)C(=O)NC(CS)C(=O)NC(CO)C(=O)O. The van der Waals surface area contributed by atoms with Gasteiger partial charge < -0.3 is 37.6 Å². The van der Waals surface area contributed by atoms with Gasteiger partial charge >= 0.3 is 5.97 Å². The summed E-state index contributed by atoms with van der Waals surface area (Å²) in [6.07, 6.45) is -0.405. The normalized spacial score (nSPS) is 15.1. The Kier molecular flexibility index (Phi) is 11.1. The van der Waals surface area contributed by atoms with Crippen LogP contribution in [0.3, 0.4) is 0 Å². The van der Waals surface area contributed by atoms with Crippen LogP contribution >= 0.6 is 12.6 Å². The van der Waals surface area contributed by atoms with E-state index in [4.69, 9.17) is 21.7 Å². The Hall–Kier alpha value is -2.38. The number of aliphatic hydroxyl groups is 1. The van der Waals surface area contributed by atoms with Crippen LogP contribution in [-0.4, -0.2) is 76.3 Å². The van der Waals surface area contributed by atoms with Crippen LogP contribution in [0.15, 0.2) is 0 Å². The number of carbonyl (C=O) groups is 5. The largest absolute Gasteiger partial charge is 0.480 e. The minimum absolute atomic E-state index is 0.171. The lowest BCUT2D eigenvalue weighted by molar-refractivity contribution is -0.143. The maximum atomic E-state index is 12.5. The summed E-state index contributed by atoms with van der Waals surface area (Å²) in [7, 11) is 0. The Morgan fingerprint density at radius 2 is 1.50 bits per heavy atom. The summed E-state index contributed by atoms with van der Waals surface area (Å²) in [5.74, 6) is -5.19. The number of rotatable bonds is 12. The molecule has 4 amide bonds. The van der Waals surface area contributed by atoms with Crippen molar-refractivity contribution in [3.05, 3.63) is 0 Å². The molecule has 0 aromatic rings. The van der Waals surface area contributed by atoms with E-state index < -0.39 is 72.7 Å². The van der Waals surface area contributed by atoms with Crippen LogP contribution in [0, 0.1) is 5.92 Å². The molecule has 0 radical (unpaired) electrons. The van der Waals surface area contributed by atoms with E-state index in [2.05, 4.69) is 28.6 Å². The summed E-state index contributed by atoms with van der Waals surface area (Å²) in [6.45, 7) is 2.43. The molecule has 0 heterocycles.